The smallest absolute Gasteiger partial charge is 0.173 e. The predicted octanol–water partition coefficient (Wildman–Crippen LogP) is 3.43. The van der Waals surface area contributed by atoms with Crippen molar-refractivity contribution in [2.45, 2.75) is 0 Å². The van der Waals surface area contributed by atoms with Gasteiger partial charge < -0.3 is 4.57 Å². The van der Waals surface area contributed by atoms with Gasteiger partial charge in [0.2, 0.25) is 0 Å². The lowest BCUT2D eigenvalue weighted by Gasteiger charge is -2.13. The van der Waals surface area contributed by atoms with Gasteiger partial charge in [0.05, 0.1) is 9.75 Å². The molecular weight excluding hydrogens is 279 g/mol. The van der Waals surface area contributed by atoms with Crippen LogP contribution in [0.5, 0.6) is 0 Å². The maximum atomic E-state index is 13.6. The molecule has 0 unspecified atom stereocenters. The van der Waals surface area contributed by atoms with Crippen molar-refractivity contribution in [1.29, 1.82) is 0 Å². The lowest BCUT2D eigenvalue weighted by molar-refractivity contribution is 0.593. The Hall–Kier alpha value is -1.15. The fourth-order valence-corrected chi connectivity index (χ4v) is 8.48. The highest BCUT2D eigenvalue weighted by molar-refractivity contribution is 7.87. The summed E-state index contributed by atoms with van der Waals surface area (Å²) in [7, 11) is -2.59. The van der Waals surface area contributed by atoms with Crippen molar-refractivity contribution in [2.24, 2.45) is 0 Å². The predicted molar refractivity (Wildman–Crippen MR) is 80.6 cm³/mol. The Morgan fingerprint density at radius 2 is 1.33 bits per heavy atom. The first kappa shape index (κ1) is 10.7. The minimum atomic E-state index is -2.59. The van der Waals surface area contributed by atoms with Crippen LogP contribution < -0.4 is 15.9 Å². The molecule has 4 rings (SSSR count). The number of rotatable bonds is 1. The third kappa shape index (κ3) is 1.19. The van der Waals surface area contributed by atoms with E-state index in [-0.39, 0.29) is 0 Å². The van der Waals surface area contributed by atoms with Gasteiger partial charge >= 0.3 is 0 Å². The second kappa shape index (κ2) is 3.67. The zero-order valence-electron chi connectivity index (χ0n) is 9.37. The Morgan fingerprint density at radius 1 is 0.778 bits per heavy atom. The van der Waals surface area contributed by atoms with Crippen molar-refractivity contribution in [3.05, 3.63) is 53.2 Å². The minimum absolute atomic E-state index is 0.946. The van der Waals surface area contributed by atoms with E-state index >= 15 is 0 Å². The van der Waals surface area contributed by atoms with E-state index in [4.69, 9.17) is 0 Å². The van der Waals surface area contributed by atoms with Crippen LogP contribution >= 0.6 is 29.8 Å². The van der Waals surface area contributed by atoms with Gasteiger partial charge in [-0.3, -0.25) is 0 Å². The van der Waals surface area contributed by atoms with Crippen molar-refractivity contribution in [2.75, 3.05) is 0 Å². The molecule has 0 saturated heterocycles. The maximum Gasteiger partial charge on any atom is 0.173 e. The monoisotopic (exact) mass is 288 g/mol. The lowest BCUT2D eigenvalue weighted by atomic mass is 10.4. The Labute approximate surface area is 113 Å². The van der Waals surface area contributed by atoms with Crippen molar-refractivity contribution >= 4 is 45.7 Å². The first-order valence-corrected chi connectivity index (χ1v) is 9.10. The Balaban J connectivity index is 2.12. The molecule has 4 heteroatoms. The van der Waals surface area contributed by atoms with Crippen LogP contribution in [-0.2, 0) is 4.57 Å². The molecule has 2 aromatic heterocycles. The number of thiophene rings is 2. The zero-order valence-corrected chi connectivity index (χ0v) is 11.9. The zero-order chi connectivity index (χ0) is 12.2. The van der Waals surface area contributed by atoms with Gasteiger partial charge in [0.25, 0.3) is 0 Å². The van der Waals surface area contributed by atoms with E-state index in [2.05, 4.69) is 0 Å². The molecule has 88 valence electrons. The molecule has 1 aliphatic heterocycles. The molecule has 1 nitrogen and oxygen atoms in total. The molecule has 0 N–H and O–H groups in total. The van der Waals surface area contributed by atoms with Crippen LogP contribution in [0.4, 0.5) is 0 Å². The molecule has 3 aromatic rings. The summed E-state index contributed by atoms with van der Waals surface area (Å²) in [6.45, 7) is 0. The normalized spacial score (nSPS) is 15.3. The molecule has 0 saturated carbocycles. The van der Waals surface area contributed by atoms with Crippen LogP contribution in [0.15, 0.2) is 53.2 Å². The highest BCUT2D eigenvalue weighted by Gasteiger charge is 2.41. The molecule has 0 aliphatic carbocycles. The second-order valence-electron chi connectivity index (χ2n) is 4.21. The SMILES string of the molecule is O=P1(c2ccccc2)c2ccsc2-c2sccc21. The van der Waals surface area contributed by atoms with Crippen molar-refractivity contribution in [3.8, 4) is 9.75 Å². The van der Waals surface area contributed by atoms with Crippen molar-refractivity contribution < 1.29 is 4.57 Å². The van der Waals surface area contributed by atoms with Gasteiger partial charge in [0.15, 0.2) is 7.14 Å². The molecule has 0 fully saturated rings. The summed E-state index contributed by atoms with van der Waals surface area (Å²) in [6, 6.07) is 13.9. The number of fused-ring (bicyclic) bond motifs is 3. The first-order chi connectivity index (χ1) is 8.82. The molecule has 1 aromatic carbocycles. The molecule has 0 radical (unpaired) electrons. The highest BCUT2D eigenvalue weighted by atomic mass is 32.1. The summed E-state index contributed by atoms with van der Waals surface area (Å²) in [4.78, 5) is 2.40. The van der Waals surface area contributed by atoms with Crippen LogP contribution in [0, 0.1) is 0 Å². The standard InChI is InChI=1S/C14H9OPS2/c15-16(10-4-2-1-3-5-10)11-6-8-17-13(11)14-12(16)7-9-18-14/h1-9H. The summed E-state index contributed by atoms with van der Waals surface area (Å²) in [5.74, 6) is 0. The van der Waals surface area contributed by atoms with E-state index in [0.717, 1.165) is 15.9 Å². The van der Waals surface area contributed by atoms with E-state index in [9.17, 15) is 4.57 Å². The lowest BCUT2D eigenvalue weighted by Crippen LogP contribution is -2.19. The maximum absolute atomic E-state index is 13.6. The molecule has 1 aliphatic rings. The van der Waals surface area contributed by atoms with Gasteiger partial charge in [0.1, 0.15) is 0 Å². The van der Waals surface area contributed by atoms with Gasteiger partial charge in [-0.2, -0.15) is 0 Å². The van der Waals surface area contributed by atoms with E-state index in [1.807, 2.05) is 53.2 Å². The van der Waals surface area contributed by atoms with Gasteiger partial charge in [-0.05, 0) is 22.9 Å². The Kier molecular flexibility index (Phi) is 2.19. The van der Waals surface area contributed by atoms with E-state index in [0.29, 0.717) is 0 Å². The number of hydrogen-bond acceptors (Lipinski definition) is 3. The molecule has 0 spiro atoms. The summed E-state index contributed by atoms with van der Waals surface area (Å²) >= 11 is 3.39. The van der Waals surface area contributed by atoms with Crippen LogP contribution in [0.3, 0.4) is 0 Å². The fraction of sp³-hybridized carbons (Fsp3) is 0. The Bertz CT molecular complexity index is 726. The molecule has 0 amide bonds. The average molecular weight is 288 g/mol. The van der Waals surface area contributed by atoms with Gasteiger partial charge in [-0.25, -0.2) is 0 Å². The number of hydrogen-bond donors (Lipinski definition) is 0. The van der Waals surface area contributed by atoms with Gasteiger partial charge in [-0.15, -0.1) is 22.7 Å². The third-order valence-corrected chi connectivity index (χ3v) is 8.72. The van der Waals surface area contributed by atoms with Crippen LogP contribution in [0.1, 0.15) is 0 Å². The van der Waals surface area contributed by atoms with E-state index in [1.165, 1.54) is 9.75 Å². The van der Waals surface area contributed by atoms with Crippen molar-refractivity contribution in [3.63, 3.8) is 0 Å². The molecule has 0 atom stereocenters. The van der Waals surface area contributed by atoms with Crippen LogP contribution in [0.25, 0.3) is 9.75 Å². The molecule has 0 bridgehead atoms. The molecule has 18 heavy (non-hydrogen) atoms. The Morgan fingerprint density at radius 3 is 1.89 bits per heavy atom. The van der Waals surface area contributed by atoms with Crippen molar-refractivity contribution in [1.82, 2.24) is 0 Å². The molecule has 3 heterocycles. The fourth-order valence-electron chi connectivity index (χ4n) is 2.49. The van der Waals surface area contributed by atoms with Crippen LogP contribution in [0.2, 0.25) is 0 Å². The summed E-state index contributed by atoms with van der Waals surface area (Å²) in [5.41, 5.74) is 0. The van der Waals surface area contributed by atoms with E-state index < -0.39 is 7.14 Å². The molecular formula is C14H9OPS2. The quantitative estimate of drug-likeness (QED) is 0.490. The van der Waals surface area contributed by atoms with Gasteiger partial charge in [0, 0.05) is 15.9 Å². The van der Waals surface area contributed by atoms with Gasteiger partial charge in [-0.1, -0.05) is 30.3 Å². The topological polar surface area (TPSA) is 17.1 Å². The van der Waals surface area contributed by atoms with Crippen LogP contribution in [-0.4, -0.2) is 0 Å². The number of benzene rings is 1. The summed E-state index contributed by atoms with van der Waals surface area (Å²) in [6.07, 6.45) is 0. The highest BCUT2D eigenvalue weighted by Crippen LogP contribution is 2.55. The van der Waals surface area contributed by atoms with E-state index in [1.54, 1.807) is 22.7 Å². The second-order valence-corrected chi connectivity index (χ2v) is 8.75. The summed E-state index contributed by atoms with van der Waals surface area (Å²) in [5, 5.41) is 7.09. The first-order valence-electron chi connectivity index (χ1n) is 5.64. The third-order valence-electron chi connectivity index (χ3n) is 3.29. The summed E-state index contributed by atoms with van der Waals surface area (Å²) < 4.78 is 13.6. The minimum Gasteiger partial charge on any atom is -0.309 e. The largest absolute Gasteiger partial charge is 0.309 e. The average Bonchev–Trinajstić information content (AvgIpc) is 3.09.